The van der Waals surface area contributed by atoms with Crippen molar-refractivity contribution >= 4 is 23.2 Å². The molecule has 0 fully saturated rings. The van der Waals surface area contributed by atoms with Crippen LogP contribution in [0.3, 0.4) is 0 Å². The zero-order valence-electron chi connectivity index (χ0n) is 6.01. The Morgan fingerprint density at radius 2 is 2.18 bits per heavy atom. The third-order valence-electron chi connectivity index (χ3n) is 1.34. The average molecular weight is 191 g/mol. The summed E-state index contributed by atoms with van der Waals surface area (Å²) in [7, 11) is 0. The first-order chi connectivity index (χ1) is 5.11. The van der Waals surface area contributed by atoms with Crippen LogP contribution in [0.1, 0.15) is 18.5 Å². The second kappa shape index (κ2) is 3.39. The summed E-state index contributed by atoms with van der Waals surface area (Å²) in [5, 5.41) is 0.958. The van der Waals surface area contributed by atoms with E-state index in [2.05, 4.69) is 4.98 Å². The van der Waals surface area contributed by atoms with E-state index in [4.69, 9.17) is 28.9 Å². The molecule has 1 aromatic rings. The van der Waals surface area contributed by atoms with Gasteiger partial charge in [-0.15, -0.1) is 0 Å². The van der Waals surface area contributed by atoms with Crippen LogP contribution in [0.25, 0.3) is 0 Å². The molecule has 2 N–H and O–H groups in total. The van der Waals surface area contributed by atoms with E-state index in [0.29, 0.717) is 10.2 Å². The van der Waals surface area contributed by atoms with E-state index in [1.807, 2.05) is 6.92 Å². The zero-order valence-corrected chi connectivity index (χ0v) is 7.52. The van der Waals surface area contributed by atoms with Gasteiger partial charge in [-0.3, -0.25) is 0 Å². The van der Waals surface area contributed by atoms with Gasteiger partial charge in [0.1, 0.15) is 5.15 Å². The minimum atomic E-state index is -0.104. The van der Waals surface area contributed by atoms with Crippen LogP contribution in [-0.4, -0.2) is 4.98 Å². The molecule has 11 heavy (non-hydrogen) atoms. The monoisotopic (exact) mass is 190 g/mol. The molecule has 4 heteroatoms. The molecule has 0 saturated heterocycles. The largest absolute Gasteiger partial charge is 0.324 e. The molecule has 0 bridgehead atoms. The molecule has 0 aromatic carbocycles. The molecule has 60 valence electrons. The SMILES string of the molecule is C[C@@H](N)c1cnc(Cl)cc1Cl. The van der Waals surface area contributed by atoms with Crippen molar-refractivity contribution in [3.63, 3.8) is 0 Å². The van der Waals surface area contributed by atoms with Crippen molar-refractivity contribution in [1.29, 1.82) is 0 Å². The number of hydrogen-bond acceptors (Lipinski definition) is 2. The first-order valence-electron chi connectivity index (χ1n) is 3.18. The van der Waals surface area contributed by atoms with Crippen LogP contribution in [-0.2, 0) is 0 Å². The minimum absolute atomic E-state index is 0.104. The van der Waals surface area contributed by atoms with Crippen LogP contribution in [0.15, 0.2) is 12.3 Å². The maximum absolute atomic E-state index is 5.82. The summed E-state index contributed by atoms with van der Waals surface area (Å²) in [5.74, 6) is 0. The fourth-order valence-electron chi connectivity index (χ4n) is 0.753. The van der Waals surface area contributed by atoms with Crippen LogP contribution in [0.4, 0.5) is 0 Å². The van der Waals surface area contributed by atoms with Gasteiger partial charge < -0.3 is 5.73 Å². The number of halogens is 2. The second-order valence-electron chi connectivity index (χ2n) is 2.32. The highest BCUT2D eigenvalue weighted by Gasteiger charge is 2.05. The molecule has 1 atom stereocenters. The molecule has 0 saturated carbocycles. The van der Waals surface area contributed by atoms with Gasteiger partial charge in [0, 0.05) is 22.8 Å². The lowest BCUT2D eigenvalue weighted by Crippen LogP contribution is -2.05. The Hall–Kier alpha value is -0.310. The molecule has 1 rings (SSSR count). The molecule has 0 aliphatic heterocycles. The highest BCUT2D eigenvalue weighted by Crippen LogP contribution is 2.22. The van der Waals surface area contributed by atoms with E-state index in [-0.39, 0.29) is 6.04 Å². The number of aromatic nitrogens is 1. The average Bonchev–Trinajstić information content (AvgIpc) is 1.85. The summed E-state index contributed by atoms with van der Waals surface area (Å²) >= 11 is 11.4. The van der Waals surface area contributed by atoms with E-state index >= 15 is 0 Å². The molecule has 0 spiro atoms. The molecule has 2 nitrogen and oxygen atoms in total. The van der Waals surface area contributed by atoms with E-state index in [9.17, 15) is 0 Å². The fourth-order valence-corrected chi connectivity index (χ4v) is 1.29. The molecule has 0 aliphatic carbocycles. The summed E-state index contributed by atoms with van der Waals surface area (Å²) in [6.45, 7) is 1.84. The van der Waals surface area contributed by atoms with Gasteiger partial charge in [0.25, 0.3) is 0 Å². The standard InChI is InChI=1S/C7H8Cl2N2/c1-4(10)5-3-11-7(9)2-6(5)8/h2-4H,10H2,1H3/t4-/m1/s1. The topological polar surface area (TPSA) is 38.9 Å². The van der Waals surface area contributed by atoms with Crippen molar-refractivity contribution in [2.75, 3.05) is 0 Å². The zero-order chi connectivity index (χ0) is 8.43. The third-order valence-corrected chi connectivity index (χ3v) is 1.87. The smallest absolute Gasteiger partial charge is 0.130 e. The normalized spacial score (nSPS) is 13.1. The van der Waals surface area contributed by atoms with Gasteiger partial charge in [0.05, 0.1) is 0 Å². The van der Waals surface area contributed by atoms with Crippen molar-refractivity contribution in [3.05, 3.63) is 28.0 Å². The number of hydrogen-bond donors (Lipinski definition) is 1. The minimum Gasteiger partial charge on any atom is -0.324 e. The summed E-state index contributed by atoms with van der Waals surface area (Å²) in [6.07, 6.45) is 1.59. The van der Waals surface area contributed by atoms with Crippen LogP contribution in [0.2, 0.25) is 10.2 Å². The maximum Gasteiger partial charge on any atom is 0.130 e. The van der Waals surface area contributed by atoms with Gasteiger partial charge in [0.15, 0.2) is 0 Å². The van der Waals surface area contributed by atoms with Gasteiger partial charge in [-0.2, -0.15) is 0 Å². The Kier molecular flexibility index (Phi) is 2.71. The van der Waals surface area contributed by atoms with Gasteiger partial charge in [0.2, 0.25) is 0 Å². The van der Waals surface area contributed by atoms with Gasteiger partial charge >= 0.3 is 0 Å². The first kappa shape index (κ1) is 8.78. The van der Waals surface area contributed by atoms with Gasteiger partial charge in [-0.25, -0.2) is 4.98 Å². The number of pyridine rings is 1. The summed E-state index contributed by atoms with van der Waals surface area (Å²) in [6, 6.07) is 1.48. The Bertz CT molecular complexity index is 261. The van der Waals surface area contributed by atoms with E-state index in [0.717, 1.165) is 5.56 Å². The van der Waals surface area contributed by atoms with Gasteiger partial charge in [-0.05, 0) is 13.0 Å². The quantitative estimate of drug-likeness (QED) is 0.692. The van der Waals surface area contributed by atoms with Crippen molar-refractivity contribution in [2.45, 2.75) is 13.0 Å². The lowest BCUT2D eigenvalue weighted by Gasteiger charge is -2.06. The van der Waals surface area contributed by atoms with Crippen LogP contribution >= 0.6 is 23.2 Å². The predicted octanol–water partition coefficient (Wildman–Crippen LogP) is 2.41. The Labute approximate surface area is 75.3 Å². The predicted molar refractivity (Wildman–Crippen MR) is 46.9 cm³/mol. The molecule has 1 aromatic heterocycles. The van der Waals surface area contributed by atoms with Crippen LogP contribution in [0, 0.1) is 0 Å². The highest BCUT2D eigenvalue weighted by atomic mass is 35.5. The highest BCUT2D eigenvalue weighted by molar-refractivity contribution is 6.34. The fraction of sp³-hybridized carbons (Fsp3) is 0.286. The first-order valence-corrected chi connectivity index (χ1v) is 3.93. The summed E-state index contributed by atoms with van der Waals surface area (Å²) in [5.41, 5.74) is 6.41. The van der Waals surface area contributed by atoms with Crippen molar-refractivity contribution in [2.24, 2.45) is 5.73 Å². The molecule has 0 radical (unpaired) electrons. The van der Waals surface area contributed by atoms with Crippen LogP contribution < -0.4 is 5.73 Å². The molecular formula is C7H8Cl2N2. The third kappa shape index (κ3) is 2.06. The number of nitrogens with two attached hydrogens (primary N) is 1. The van der Waals surface area contributed by atoms with E-state index < -0.39 is 0 Å². The van der Waals surface area contributed by atoms with Crippen molar-refractivity contribution in [1.82, 2.24) is 4.98 Å². The molecule has 0 unspecified atom stereocenters. The summed E-state index contributed by atoms with van der Waals surface area (Å²) < 4.78 is 0. The van der Waals surface area contributed by atoms with Crippen LogP contribution in [0.5, 0.6) is 0 Å². The molecule has 0 aliphatic rings. The van der Waals surface area contributed by atoms with Gasteiger partial charge in [-0.1, -0.05) is 23.2 Å². The number of rotatable bonds is 1. The van der Waals surface area contributed by atoms with Crippen molar-refractivity contribution in [3.8, 4) is 0 Å². The lowest BCUT2D eigenvalue weighted by atomic mass is 10.2. The number of nitrogens with zero attached hydrogens (tertiary/aromatic N) is 1. The Morgan fingerprint density at radius 1 is 1.55 bits per heavy atom. The maximum atomic E-state index is 5.82. The lowest BCUT2D eigenvalue weighted by molar-refractivity contribution is 0.812. The second-order valence-corrected chi connectivity index (χ2v) is 3.11. The summed E-state index contributed by atoms with van der Waals surface area (Å²) in [4.78, 5) is 3.86. The molecule has 1 heterocycles. The van der Waals surface area contributed by atoms with Crippen molar-refractivity contribution < 1.29 is 0 Å². The van der Waals surface area contributed by atoms with E-state index in [1.165, 1.54) is 0 Å². The van der Waals surface area contributed by atoms with E-state index in [1.54, 1.807) is 12.3 Å². The molecular weight excluding hydrogens is 183 g/mol. The molecule has 0 amide bonds. The Balaban J connectivity index is 3.09. The Morgan fingerprint density at radius 3 is 2.64 bits per heavy atom.